The van der Waals surface area contributed by atoms with Crippen molar-refractivity contribution in [2.45, 2.75) is 6.04 Å². The van der Waals surface area contributed by atoms with Crippen molar-refractivity contribution in [3.8, 4) is 0 Å². The van der Waals surface area contributed by atoms with Gasteiger partial charge in [-0.1, -0.05) is 22.9 Å². The van der Waals surface area contributed by atoms with E-state index < -0.39 is 0 Å². The van der Waals surface area contributed by atoms with Gasteiger partial charge in [0.25, 0.3) is 0 Å². The van der Waals surface area contributed by atoms with Crippen molar-refractivity contribution in [3.05, 3.63) is 23.2 Å². The summed E-state index contributed by atoms with van der Waals surface area (Å²) in [5.41, 5.74) is 0.968. The summed E-state index contributed by atoms with van der Waals surface area (Å²) < 4.78 is 1.09. The number of aromatic nitrogens is 1. The highest BCUT2D eigenvalue weighted by molar-refractivity contribution is 7.22. The fourth-order valence-corrected chi connectivity index (χ4v) is 4.25. The molecule has 1 atom stereocenters. The molecule has 21 heavy (non-hydrogen) atoms. The van der Waals surface area contributed by atoms with Crippen LogP contribution in [0.3, 0.4) is 0 Å². The minimum Gasteiger partial charge on any atom is -0.353 e. The molecule has 0 unspecified atom stereocenters. The van der Waals surface area contributed by atoms with Gasteiger partial charge in [0.2, 0.25) is 5.91 Å². The zero-order valence-electron chi connectivity index (χ0n) is 11.4. The average Bonchev–Trinajstić information content (AvgIpc) is 2.90. The van der Waals surface area contributed by atoms with Crippen molar-refractivity contribution >= 4 is 44.2 Å². The predicted octanol–water partition coefficient (Wildman–Crippen LogP) is 1.57. The molecule has 0 aliphatic carbocycles. The van der Waals surface area contributed by atoms with Crippen LogP contribution in [0.1, 0.15) is 0 Å². The van der Waals surface area contributed by atoms with Crippen molar-refractivity contribution in [1.29, 1.82) is 0 Å². The number of carbonyl (C=O) groups is 1. The van der Waals surface area contributed by atoms with E-state index in [0.29, 0.717) is 6.54 Å². The Balaban J connectivity index is 1.61. The first-order chi connectivity index (χ1) is 10.2. The van der Waals surface area contributed by atoms with E-state index in [-0.39, 0.29) is 11.9 Å². The molecular weight excluding hydrogens is 308 g/mol. The van der Waals surface area contributed by atoms with E-state index in [1.165, 1.54) is 0 Å². The third-order valence-corrected chi connectivity index (χ3v) is 5.42. The van der Waals surface area contributed by atoms with Gasteiger partial charge in [0.1, 0.15) is 6.04 Å². The molecule has 0 radical (unpaired) electrons. The number of hydrogen-bond acceptors (Lipinski definition) is 5. The Morgan fingerprint density at radius 2 is 2.24 bits per heavy atom. The molecular formula is C14H15ClN4OS. The summed E-state index contributed by atoms with van der Waals surface area (Å²) in [6.45, 7) is 4.24. The van der Waals surface area contributed by atoms with Crippen molar-refractivity contribution in [1.82, 2.24) is 15.2 Å². The summed E-state index contributed by atoms with van der Waals surface area (Å²) in [6, 6.07) is 5.70. The molecule has 110 valence electrons. The maximum atomic E-state index is 12.0. The molecule has 4 rings (SSSR count). The quantitative estimate of drug-likeness (QED) is 0.866. The predicted molar refractivity (Wildman–Crippen MR) is 85.2 cm³/mol. The summed E-state index contributed by atoms with van der Waals surface area (Å²) in [7, 11) is 0. The van der Waals surface area contributed by atoms with Gasteiger partial charge in [-0.25, -0.2) is 4.98 Å². The molecule has 2 saturated heterocycles. The van der Waals surface area contributed by atoms with Crippen LogP contribution in [-0.2, 0) is 4.79 Å². The van der Waals surface area contributed by atoms with E-state index in [0.717, 1.165) is 46.5 Å². The fourth-order valence-electron chi connectivity index (χ4n) is 2.97. The summed E-state index contributed by atoms with van der Waals surface area (Å²) in [5.74, 6) is 0.134. The van der Waals surface area contributed by atoms with Crippen LogP contribution in [0.15, 0.2) is 18.2 Å². The zero-order valence-corrected chi connectivity index (χ0v) is 13.0. The van der Waals surface area contributed by atoms with E-state index in [4.69, 9.17) is 11.6 Å². The third-order valence-electron chi connectivity index (χ3n) is 4.10. The molecule has 0 bridgehead atoms. The standard InChI is InChI=1S/C14H15ClN4OS/c15-9-1-2-10-12(7-9)21-14(17-10)19-6-5-18-4-3-16-13(20)11(18)8-19/h1-2,7,11H,3-6,8H2,(H,16,20)/t11-/m1/s1. The maximum absolute atomic E-state index is 12.0. The molecule has 7 heteroatoms. The smallest absolute Gasteiger partial charge is 0.239 e. The second-order valence-electron chi connectivity index (χ2n) is 5.40. The Morgan fingerprint density at radius 3 is 3.14 bits per heavy atom. The monoisotopic (exact) mass is 322 g/mol. The number of thiazole rings is 1. The average molecular weight is 323 g/mol. The Bertz CT molecular complexity index is 703. The number of carbonyl (C=O) groups excluding carboxylic acids is 1. The maximum Gasteiger partial charge on any atom is 0.239 e. The van der Waals surface area contributed by atoms with Crippen LogP contribution in [-0.4, -0.2) is 54.6 Å². The number of halogens is 1. The fraction of sp³-hybridized carbons (Fsp3) is 0.429. The molecule has 5 nitrogen and oxygen atoms in total. The molecule has 1 aromatic carbocycles. The van der Waals surface area contributed by atoms with Crippen LogP contribution in [0.25, 0.3) is 10.2 Å². The zero-order chi connectivity index (χ0) is 14.4. The van der Waals surface area contributed by atoms with Gasteiger partial charge < -0.3 is 10.2 Å². The molecule has 2 aliphatic heterocycles. The lowest BCUT2D eigenvalue weighted by Crippen LogP contribution is -2.63. The highest BCUT2D eigenvalue weighted by Crippen LogP contribution is 2.32. The van der Waals surface area contributed by atoms with Crippen LogP contribution >= 0.6 is 22.9 Å². The second-order valence-corrected chi connectivity index (χ2v) is 6.84. The third kappa shape index (κ3) is 2.37. The van der Waals surface area contributed by atoms with Crippen LogP contribution in [0.2, 0.25) is 5.02 Å². The molecule has 1 N–H and O–H groups in total. The topological polar surface area (TPSA) is 48.5 Å². The summed E-state index contributed by atoms with van der Waals surface area (Å²) in [6.07, 6.45) is 0. The number of anilines is 1. The molecule has 1 aromatic heterocycles. The van der Waals surface area contributed by atoms with Gasteiger partial charge in [-0.3, -0.25) is 9.69 Å². The molecule has 2 fully saturated rings. The minimum absolute atomic E-state index is 0.0527. The number of benzene rings is 1. The first-order valence-corrected chi connectivity index (χ1v) is 8.23. The molecule has 2 aromatic rings. The molecule has 2 aliphatic rings. The van der Waals surface area contributed by atoms with Crippen LogP contribution in [0.5, 0.6) is 0 Å². The molecule has 1 amide bonds. The van der Waals surface area contributed by atoms with Crippen molar-refractivity contribution in [3.63, 3.8) is 0 Å². The molecule has 3 heterocycles. The second kappa shape index (κ2) is 5.12. The molecule has 0 spiro atoms. The van der Waals surface area contributed by atoms with E-state index in [1.54, 1.807) is 11.3 Å². The normalized spacial score (nSPS) is 23.2. The SMILES string of the molecule is O=C1NCCN2CCN(c3nc4ccc(Cl)cc4s3)C[C@H]12. The number of piperazine rings is 2. The minimum atomic E-state index is -0.0527. The largest absolute Gasteiger partial charge is 0.353 e. The Hall–Kier alpha value is -1.37. The van der Waals surface area contributed by atoms with Gasteiger partial charge in [0.05, 0.1) is 10.2 Å². The Morgan fingerprint density at radius 1 is 1.33 bits per heavy atom. The number of rotatable bonds is 1. The number of nitrogens with zero attached hydrogens (tertiary/aromatic N) is 3. The van der Waals surface area contributed by atoms with E-state index >= 15 is 0 Å². The van der Waals surface area contributed by atoms with E-state index in [9.17, 15) is 4.79 Å². The van der Waals surface area contributed by atoms with Gasteiger partial charge in [0, 0.05) is 37.7 Å². The summed E-state index contributed by atoms with van der Waals surface area (Å²) >= 11 is 7.67. The van der Waals surface area contributed by atoms with Crippen LogP contribution in [0.4, 0.5) is 5.13 Å². The Labute approximate surface area is 131 Å². The van der Waals surface area contributed by atoms with Crippen molar-refractivity contribution in [2.75, 3.05) is 37.6 Å². The lowest BCUT2D eigenvalue weighted by molar-refractivity contribution is -0.129. The van der Waals surface area contributed by atoms with Gasteiger partial charge >= 0.3 is 0 Å². The lowest BCUT2D eigenvalue weighted by Gasteiger charge is -2.42. The number of hydrogen-bond donors (Lipinski definition) is 1. The van der Waals surface area contributed by atoms with Crippen molar-refractivity contribution in [2.24, 2.45) is 0 Å². The number of nitrogens with one attached hydrogen (secondary N) is 1. The molecule has 0 saturated carbocycles. The number of fused-ring (bicyclic) bond motifs is 2. The van der Waals surface area contributed by atoms with Gasteiger partial charge in [-0.15, -0.1) is 0 Å². The van der Waals surface area contributed by atoms with Crippen LogP contribution in [0, 0.1) is 0 Å². The number of amides is 1. The highest BCUT2D eigenvalue weighted by Gasteiger charge is 2.35. The Kier molecular flexibility index (Phi) is 3.24. The lowest BCUT2D eigenvalue weighted by atomic mass is 10.1. The van der Waals surface area contributed by atoms with Gasteiger partial charge in [-0.05, 0) is 18.2 Å². The summed E-state index contributed by atoms with van der Waals surface area (Å²) in [5, 5.41) is 4.65. The highest BCUT2D eigenvalue weighted by atomic mass is 35.5. The first kappa shape index (κ1) is 13.3. The first-order valence-electron chi connectivity index (χ1n) is 7.03. The van der Waals surface area contributed by atoms with E-state index in [2.05, 4.69) is 20.1 Å². The van der Waals surface area contributed by atoms with Gasteiger partial charge in [0.15, 0.2) is 5.13 Å². The van der Waals surface area contributed by atoms with Gasteiger partial charge in [-0.2, -0.15) is 0 Å². The summed E-state index contributed by atoms with van der Waals surface area (Å²) in [4.78, 5) is 21.2. The van der Waals surface area contributed by atoms with Crippen LogP contribution < -0.4 is 10.2 Å². The van der Waals surface area contributed by atoms with Crippen molar-refractivity contribution < 1.29 is 4.79 Å². The van der Waals surface area contributed by atoms with E-state index in [1.807, 2.05) is 18.2 Å².